The monoisotopic (exact) mass is 358 g/mol. The smallest absolute Gasteiger partial charge is 0.248 e. The molecule has 0 radical (unpaired) electrons. The van der Waals surface area contributed by atoms with E-state index in [2.05, 4.69) is 20.5 Å². The number of ether oxygens (including phenoxy) is 1. The van der Waals surface area contributed by atoms with Gasteiger partial charge < -0.3 is 14.5 Å². The lowest BCUT2D eigenvalue weighted by molar-refractivity contribution is -0.121. The third-order valence-corrected chi connectivity index (χ3v) is 4.09. The predicted molar refractivity (Wildman–Crippen MR) is 93.2 cm³/mol. The third kappa shape index (κ3) is 4.63. The summed E-state index contributed by atoms with van der Waals surface area (Å²) in [6, 6.07) is 5.61. The molecule has 3 rings (SSSR count). The van der Waals surface area contributed by atoms with Gasteiger partial charge in [-0.2, -0.15) is 11.3 Å². The van der Waals surface area contributed by atoms with Crippen LogP contribution in [0.5, 0.6) is 5.88 Å². The van der Waals surface area contributed by atoms with Crippen LogP contribution in [0.3, 0.4) is 0 Å². The van der Waals surface area contributed by atoms with Gasteiger partial charge in [0, 0.05) is 42.1 Å². The number of nitrogens with zero attached hydrogens (tertiary/aromatic N) is 3. The second kappa shape index (κ2) is 8.39. The molecule has 0 fully saturated rings. The van der Waals surface area contributed by atoms with Crippen LogP contribution in [-0.4, -0.2) is 27.7 Å². The van der Waals surface area contributed by atoms with Crippen LogP contribution < -0.4 is 10.1 Å². The second-order valence-electron chi connectivity index (χ2n) is 5.19. The van der Waals surface area contributed by atoms with Crippen LogP contribution in [0, 0.1) is 0 Å². The molecule has 130 valence electrons. The Balaban J connectivity index is 1.49. The number of nitrogens with one attached hydrogen (secondary N) is 1. The van der Waals surface area contributed by atoms with Gasteiger partial charge >= 0.3 is 0 Å². The molecule has 0 saturated heterocycles. The Kier molecular flexibility index (Phi) is 5.73. The van der Waals surface area contributed by atoms with Crippen molar-refractivity contribution in [2.24, 2.45) is 0 Å². The highest BCUT2D eigenvalue weighted by molar-refractivity contribution is 7.08. The lowest BCUT2D eigenvalue weighted by Gasteiger charge is -2.09. The number of thiophene rings is 1. The van der Waals surface area contributed by atoms with Crippen LogP contribution in [0.15, 0.2) is 39.6 Å². The Bertz CT molecular complexity index is 817. The maximum absolute atomic E-state index is 12.0. The zero-order valence-electron chi connectivity index (χ0n) is 13.8. The van der Waals surface area contributed by atoms with Gasteiger partial charge in [0.15, 0.2) is 0 Å². The topological polar surface area (TPSA) is 90.1 Å². The molecular formula is C17H18N4O3S. The van der Waals surface area contributed by atoms with Gasteiger partial charge in [-0.25, -0.2) is 4.98 Å². The molecular weight excluding hydrogens is 340 g/mol. The molecule has 25 heavy (non-hydrogen) atoms. The fraction of sp³-hybridized carbons (Fsp3) is 0.294. The summed E-state index contributed by atoms with van der Waals surface area (Å²) < 4.78 is 11.0. The molecule has 0 aliphatic heterocycles. The Hall–Kier alpha value is -2.74. The molecule has 1 amide bonds. The molecule has 3 aromatic rings. The van der Waals surface area contributed by atoms with E-state index in [-0.39, 0.29) is 12.3 Å². The van der Waals surface area contributed by atoms with E-state index in [9.17, 15) is 4.79 Å². The fourth-order valence-corrected chi connectivity index (χ4v) is 2.82. The van der Waals surface area contributed by atoms with Gasteiger partial charge in [-0.3, -0.25) is 4.79 Å². The number of hydrogen-bond acceptors (Lipinski definition) is 7. The molecule has 0 aliphatic carbocycles. The van der Waals surface area contributed by atoms with Crippen LogP contribution >= 0.6 is 11.3 Å². The Morgan fingerprint density at radius 1 is 1.36 bits per heavy atom. The number of pyridine rings is 1. The molecule has 7 nitrogen and oxygen atoms in total. The minimum Gasteiger partial charge on any atom is -0.478 e. The average Bonchev–Trinajstić information content (AvgIpc) is 3.31. The van der Waals surface area contributed by atoms with Crippen molar-refractivity contribution in [3.8, 4) is 17.3 Å². The van der Waals surface area contributed by atoms with Gasteiger partial charge in [0.25, 0.3) is 0 Å². The van der Waals surface area contributed by atoms with Crippen molar-refractivity contribution in [1.82, 2.24) is 20.5 Å². The molecule has 0 aromatic carbocycles. The van der Waals surface area contributed by atoms with Crippen LogP contribution in [-0.2, 0) is 17.8 Å². The zero-order chi connectivity index (χ0) is 17.5. The van der Waals surface area contributed by atoms with E-state index >= 15 is 0 Å². The third-order valence-electron chi connectivity index (χ3n) is 3.41. The van der Waals surface area contributed by atoms with Crippen molar-refractivity contribution in [3.05, 3.63) is 46.6 Å². The highest BCUT2D eigenvalue weighted by atomic mass is 32.1. The minimum absolute atomic E-state index is 0.0958. The molecule has 3 heterocycles. The summed E-state index contributed by atoms with van der Waals surface area (Å²) in [6.45, 7) is 2.79. The summed E-state index contributed by atoms with van der Waals surface area (Å²) in [5, 5.41) is 14.7. The van der Waals surface area contributed by atoms with Gasteiger partial charge in [-0.1, -0.05) is 6.07 Å². The molecule has 0 spiro atoms. The van der Waals surface area contributed by atoms with Crippen LogP contribution in [0.1, 0.15) is 24.8 Å². The zero-order valence-corrected chi connectivity index (χ0v) is 14.6. The molecule has 0 bridgehead atoms. The van der Waals surface area contributed by atoms with Crippen molar-refractivity contribution < 1.29 is 13.9 Å². The Morgan fingerprint density at radius 2 is 2.28 bits per heavy atom. The van der Waals surface area contributed by atoms with Gasteiger partial charge in [0.1, 0.15) is 0 Å². The van der Waals surface area contributed by atoms with E-state index in [1.807, 2.05) is 35.9 Å². The highest BCUT2D eigenvalue weighted by Gasteiger charge is 2.11. The molecule has 0 aliphatic rings. The lowest BCUT2D eigenvalue weighted by atomic mass is 10.2. The number of hydrogen-bond donors (Lipinski definition) is 1. The first-order chi connectivity index (χ1) is 12.3. The number of carbonyl (C=O) groups excluding carboxylic acids is 1. The van der Waals surface area contributed by atoms with E-state index < -0.39 is 0 Å². The van der Waals surface area contributed by atoms with E-state index in [4.69, 9.17) is 9.15 Å². The first-order valence-electron chi connectivity index (χ1n) is 7.94. The number of rotatable bonds is 8. The predicted octanol–water partition coefficient (Wildman–Crippen LogP) is 2.84. The van der Waals surface area contributed by atoms with Crippen molar-refractivity contribution in [2.45, 2.75) is 26.3 Å². The van der Waals surface area contributed by atoms with E-state index in [1.165, 1.54) is 0 Å². The van der Waals surface area contributed by atoms with Gasteiger partial charge in [0.05, 0.1) is 6.61 Å². The van der Waals surface area contributed by atoms with E-state index in [1.54, 1.807) is 17.5 Å². The summed E-state index contributed by atoms with van der Waals surface area (Å²) in [6.07, 6.45) is 2.33. The second-order valence-corrected chi connectivity index (χ2v) is 5.97. The average molecular weight is 358 g/mol. The number of amides is 1. The summed E-state index contributed by atoms with van der Waals surface area (Å²) in [5.74, 6) is 1.38. The first-order valence-corrected chi connectivity index (χ1v) is 8.89. The maximum atomic E-state index is 12.0. The van der Waals surface area contributed by atoms with Crippen molar-refractivity contribution >= 4 is 17.2 Å². The van der Waals surface area contributed by atoms with E-state index in [0.717, 1.165) is 11.1 Å². The molecule has 0 unspecified atom stereocenters. The summed E-state index contributed by atoms with van der Waals surface area (Å²) in [4.78, 5) is 16.2. The maximum Gasteiger partial charge on any atom is 0.248 e. The lowest BCUT2D eigenvalue weighted by Crippen LogP contribution is -2.23. The first kappa shape index (κ1) is 17.1. The summed E-state index contributed by atoms with van der Waals surface area (Å²) in [7, 11) is 0. The van der Waals surface area contributed by atoms with E-state index in [0.29, 0.717) is 37.2 Å². The standard InChI is InChI=1S/C17H18N4O3S/c1-2-23-16-12(4-3-8-18-16)10-19-14(22)5-6-15-20-21-17(24-15)13-7-9-25-11-13/h3-4,7-9,11H,2,5-6,10H2,1H3,(H,19,22). The Morgan fingerprint density at radius 3 is 3.08 bits per heavy atom. The van der Waals surface area contributed by atoms with Gasteiger partial charge in [-0.15, -0.1) is 10.2 Å². The number of aromatic nitrogens is 3. The SMILES string of the molecule is CCOc1ncccc1CNC(=O)CCc1nnc(-c2ccsc2)o1. The quantitative estimate of drug-likeness (QED) is 0.666. The van der Waals surface area contributed by atoms with Crippen molar-refractivity contribution in [2.75, 3.05) is 6.61 Å². The summed E-state index contributed by atoms with van der Waals surface area (Å²) >= 11 is 1.56. The normalized spacial score (nSPS) is 10.6. The summed E-state index contributed by atoms with van der Waals surface area (Å²) in [5.41, 5.74) is 1.74. The Labute approximate surface area is 149 Å². The molecule has 8 heteroatoms. The molecule has 0 atom stereocenters. The van der Waals surface area contributed by atoms with Gasteiger partial charge in [-0.05, 0) is 24.4 Å². The largest absolute Gasteiger partial charge is 0.478 e. The highest BCUT2D eigenvalue weighted by Crippen LogP contribution is 2.20. The van der Waals surface area contributed by atoms with Crippen LogP contribution in [0.4, 0.5) is 0 Å². The van der Waals surface area contributed by atoms with Crippen LogP contribution in [0.25, 0.3) is 11.5 Å². The minimum atomic E-state index is -0.0958. The number of carbonyl (C=O) groups is 1. The van der Waals surface area contributed by atoms with Crippen LogP contribution in [0.2, 0.25) is 0 Å². The number of aryl methyl sites for hydroxylation is 1. The van der Waals surface area contributed by atoms with Gasteiger partial charge in [0.2, 0.25) is 23.6 Å². The molecule has 1 N–H and O–H groups in total. The van der Waals surface area contributed by atoms with Crippen molar-refractivity contribution in [1.29, 1.82) is 0 Å². The fourth-order valence-electron chi connectivity index (χ4n) is 2.19. The van der Waals surface area contributed by atoms with Crippen molar-refractivity contribution in [3.63, 3.8) is 0 Å². The molecule has 0 saturated carbocycles. The molecule has 3 aromatic heterocycles.